The molecule has 0 saturated carbocycles. The third-order valence-electron chi connectivity index (χ3n) is 4.19. The lowest BCUT2D eigenvalue weighted by Crippen LogP contribution is -2.56. The van der Waals surface area contributed by atoms with Crippen LogP contribution in [0.1, 0.15) is 27.7 Å². The molecule has 25 heavy (non-hydrogen) atoms. The Kier molecular flexibility index (Phi) is 5.89. The van der Waals surface area contributed by atoms with Gasteiger partial charge in [-0.3, -0.25) is 15.0 Å². The fraction of sp³-hybridized carbons (Fsp3) is 0.556. The van der Waals surface area contributed by atoms with Gasteiger partial charge in [0.2, 0.25) is 5.91 Å². The van der Waals surface area contributed by atoms with E-state index in [1.54, 1.807) is 19.1 Å². The number of aromatic hydroxyl groups is 1. The smallest absolute Gasteiger partial charge is 0.321 e. The second kappa shape index (κ2) is 7.74. The first-order valence-electron chi connectivity index (χ1n) is 8.57. The number of benzene rings is 1. The topological polar surface area (TPSA) is 84.9 Å². The van der Waals surface area contributed by atoms with E-state index in [0.717, 1.165) is 5.69 Å². The van der Waals surface area contributed by atoms with Crippen LogP contribution >= 0.6 is 0 Å². The Balaban J connectivity index is 1.86. The lowest BCUT2D eigenvalue weighted by molar-refractivity contribution is -0.124. The van der Waals surface area contributed by atoms with E-state index in [2.05, 4.69) is 15.5 Å². The summed E-state index contributed by atoms with van der Waals surface area (Å²) in [5.74, 6) is -0.0432. The maximum absolute atomic E-state index is 12.3. The van der Waals surface area contributed by atoms with Crippen molar-refractivity contribution in [2.24, 2.45) is 0 Å². The number of phenols is 1. The number of piperazine rings is 1. The van der Waals surface area contributed by atoms with Gasteiger partial charge in [0.1, 0.15) is 5.75 Å². The van der Waals surface area contributed by atoms with Crippen LogP contribution in [0.3, 0.4) is 0 Å². The van der Waals surface area contributed by atoms with Crippen molar-refractivity contribution in [3.05, 3.63) is 24.3 Å². The van der Waals surface area contributed by atoms with Gasteiger partial charge in [-0.05, 0) is 39.8 Å². The minimum atomic E-state index is -0.475. The lowest BCUT2D eigenvalue weighted by Gasteiger charge is -2.38. The number of carbonyl (C=O) groups excluding carboxylic acids is 2. The summed E-state index contributed by atoms with van der Waals surface area (Å²) in [7, 11) is 0. The SMILES string of the molecule is CC(C(=O)NC(=O)NC(C)(C)C)N1CCN(c2ccccc2O)CC1. The number of rotatable bonds is 3. The van der Waals surface area contributed by atoms with Crippen molar-refractivity contribution in [2.45, 2.75) is 39.3 Å². The molecule has 0 aromatic heterocycles. The molecular weight excluding hydrogens is 320 g/mol. The highest BCUT2D eigenvalue weighted by molar-refractivity contribution is 5.97. The van der Waals surface area contributed by atoms with E-state index in [1.807, 2.05) is 37.8 Å². The number of urea groups is 1. The van der Waals surface area contributed by atoms with E-state index < -0.39 is 17.6 Å². The van der Waals surface area contributed by atoms with Gasteiger partial charge in [-0.2, -0.15) is 0 Å². The minimum Gasteiger partial charge on any atom is -0.506 e. The quantitative estimate of drug-likeness (QED) is 0.771. The van der Waals surface area contributed by atoms with Gasteiger partial charge in [0.05, 0.1) is 11.7 Å². The average Bonchev–Trinajstić information content (AvgIpc) is 2.53. The van der Waals surface area contributed by atoms with Crippen molar-refractivity contribution < 1.29 is 14.7 Å². The molecule has 1 unspecified atom stereocenters. The maximum atomic E-state index is 12.3. The number of hydrogen-bond acceptors (Lipinski definition) is 5. The molecular formula is C18H28N4O3. The Labute approximate surface area is 149 Å². The molecule has 1 fully saturated rings. The highest BCUT2D eigenvalue weighted by Gasteiger charge is 2.27. The predicted octanol–water partition coefficient (Wildman–Crippen LogP) is 1.53. The summed E-state index contributed by atoms with van der Waals surface area (Å²) in [6, 6.07) is 6.38. The molecule has 138 valence electrons. The first kappa shape index (κ1) is 19.1. The van der Waals surface area contributed by atoms with Gasteiger partial charge in [0, 0.05) is 31.7 Å². The molecule has 1 heterocycles. The zero-order chi connectivity index (χ0) is 18.6. The average molecular weight is 348 g/mol. The number of hydrogen-bond donors (Lipinski definition) is 3. The van der Waals surface area contributed by atoms with E-state index in [0.29, 0.717) is 26.2 Å². The number of imide groups is 1. The largest absolute Gasteiger partial charge is 0.506 e. The molecule has 2 rings (SSSR count). The van der Waals surface area contributed by atoms with Crippen LogP contribution in [0.25, 0.3) is 0 Å². The second-order valence-electron chi connectivity index (χ2n) is 7.38. The molecule has 1 atom stereocenters. The van der Waals surface area contributed by atoms with Crippen LogP contribution in [0, 0.1) is 0 Å². The third kappa shape index (κ3) is 5.35. The van der Waals surface area contributed by atoms with Gasteiger partial charge in [0.25, 0.3) is 0 Å². The summed E-state index contributed by atoms with van der Waals surface area (Å²) >= 11 is 0. The molecule has 3 N–H and O–H groups in total. The standard InChI is InChI=1S/C18H28N4O3/c1-13(16(24)19-17(25)20-18(2,3)4)21-9-11-22(12-10-21)14-7-5-6-8-15(14)23/h5-8,13,23H,9-12H2,1-4H3,(H2,19,20,24,25). The van der Waals surface area contributed by atoms with Crippen LogP contribution in [0.4, 0.5) is 10.5 Å². The van der Waals surface area contributed by atoms with Crippen molar-refractivity contribution in [1.82, 2.24) is 15.5 Å². The van der Waals surface area contributed by atoms with E-state index in [-0.39, 0.29) is 11.7 Å². The molecule has 1 aliphatic heterocycles. The summed E-state index contributed by atoms with van der Waals surface area (Å²) < 4.78 is 0. The van der Waals surface area contributed by atoms with Crippen molar-refractivity contribution in [1.29, 1.82) is 0 Å². The zero-order valence-electron chi connectivity index (χ0n) is 15.4. The molecule has 7 nitrogen and oxygen atoms in total. The van der Waals surface area contributed by atoms with Gasteiger partial charge < -0.3 is 15.3 Å². The van der Waals surface area contributed by atoms with Crippen molar-refractivity contribution in [3.63, 3.8) is 0 Å². The maximum Gasteiger partial charge on any atom is 0.321 e. The number of phenolic OH excluding ortho intramolecular Hbond substituents is 1. The van der Waals surface area contributed by atoms with Gasteiger partial charge >= 0.3 is 6.03 Å². The van der Waals surface area contributed by atoms with E-state index in [1.165, 1.54) is 0 Å². The van der Waals surface area contributed by atoms with Crippen molar-refractivity contribution in [2.75, 3.05) is 31.1 Å². The Morgan fingerprint density at radius 2 is 1.72 bits per heavy atom. The first-order valence-corrected chi connectivity index (χ1v) is 8.57. The van der Waals surface area contributed by atoms with Crippen molar-refractivity contribution >= 4 is 17.6 Å². The van der Waals surface area contributed by atoms with Crippen LogP contribution in [0.5, 0.6) is 5.75 Å². The summed E-state index contributed by atoms with van der Waals surface area (Å²) in [5, 5.41) is 15.1. The molecule has 3 amide bonds. The van der Waals surface area contributed by atoms with Crippen LogP contribution in [-0.2, 0) is 4.79 Å². The Morgan fingerprint density at radius 1 is 1.12 bits per heavy atom. The number of amides is 3. The minimum absolute atomic E-state index is 0.264. The van der Waals surface area contributed by atoms with Crippen LogP contribution < -0.4 is 15.5 Å². The number of carbonyl (C=O) groups is 2. The van der Waals surface area contributed by atoms with Crippen LogP contribution in [-0.4, -0.2) is 59.7 Å². The lowest BCUT2D eigenvalue weighted by atomic mass is 10.1. The van der Waals surface area contributed by atoms with E-state index >= 15 is 0 Å². The monoisotopic (exact) mass is 348 g/mol. The van der Waals surface area contributed by atoms with Crippen molar-refractivity contribution in [3.8, 4) is 5.75 Å². The molecule has 0 spiro atoms. The number of anilines is 1. The van der Waals surface area contributed by atoms with Gasteiger partial charge in [-0.25, -0.2) is 4.79 Å². The molecule has 1 aromatic rings. The summed E-state index contributed by atoms with van der Waals surface area (Å²) in [4.78, 5) is 28.2. The molecule has 0 radical (unpaired) electrons. The Morgan fingerprint density at radius 3 is 2.28 bits per heavy atom. The normalized spacial score (nSPS) is 17.0. The highest BCUT2D eigenvalue weighted by atomic mass is 16.3. The van der Waals surface area contributed by atoms with Crippen LogP contribution in [0.15, 0.2) is 24.3 Å². The first-order chi connectivity index (χ1) is 11.7. The molecule has 1 aromatic carbocycles. The van der Waals surface area contributed by atoms with Gasteiger partial charge in [-0.1, -0.05) is 12.1 Å². The van der Waals surface area contributed by atoms with E-state index in [4.69, 9.17) is 0 Å². The van der Waals surface area contributed by atoms with Gasteiger partial charge in [-0.15, -0.1) is 0 Å². The van der Waals surface area contributed by atoms with E-state index in [9.17, 15) is 14.7 Å². The summed E-state index contributed by atoms with van der Waals surface area (Å²) in [6.07, 6.45) is 0. The van der Waals surface area contributed by atoms with Crippen LogP contribution in [0.2, 0.25) is 0 Å². The highest BCUT2D eigenvalue weighted by Crippen LogP contribution is 2.27. The fourth-order valence-electron chi connectivity index (χ4n) is 2.84. The molecule has 1 saturated heterocycles. The molecule has 0 aliphatic carbocycles. The predicted molar refractivity (Wildman–Crippen MR) is 97.8 cm³/mol. The molecule has 7 heteroatoms. The number of nitrogens with one attached hydrogen (secondary N) is 2. The third-order valence-corrected chi connectivity index (χ3v) is 4.19. The molecule has 1 aliphatic rings. The Bertz CT molecular complexity index is 619. The second-order valence-corrected chi connectivity index (χ2v) is 7.38. The zero-order valence-corrected chi connectivity index (χ0v) is 15.4. The number of nitrogens with zero attached hydrogens (tertiary/aromatic N) is 2. The molecule has 0 bridgehead atoms. The Hall–Kier alpha value is -2.28. The summed E-state index contributed by atoms with van der Waals surface area (Å²) in [6.45, 7) is 10.2. The van der Waals surface area contributed by atoms with Gasteiger partial charge in [0.15, 0.2) is 0 Å². The summed E-state index contributed by atoms with van der Waals surface area (Å²) in [5.41, 5.74) is 0.417. The fourth-order valence-corrected chi connectivity index (χ4v) is 2.84. The number of para-hydroxylation sites is 2.